The highest BCUT2D eigenvalue weighted by molar-refractivity contribution is 8.00. The second-order valence-corrected chi connectivity index (χ2v) is 12.2. The number of nitrogens with one attached hydrogen (secondary N) is 1. The number of aromatic nitrogens is 1. The molecular weight excluding hydrogens is 606 g/mol. The number of thioether (sulfide) groups is 1. The molecule has 2 aliphatic rings. The number of aromatic hydroxyl groups is 1. The lowest BCUT2D eigenvalue weighted by Crippen LogP contribution is -2.33. The summed E-state index contributed by atoms with van der Waals surface area (Å²) >= 11 is 2.08. The molecule has 1 aromatic heterocycles. The number of amides is 3. The van der Waals surface area contributed by atoms with E-state index in [1.807, 2.05) is 0 Å². The van der Waals surface area contributed by atoms with Crippen LogP contribution in [-0.2, 0) is 20.9 Å². The summed E-state index contributed by atoms with van der Waals surface area (Å²) < 4.78 is 17.5. The van der Waals surface area contributed by atoms with Crippen molar-refractivity contribution >= 4 is 52.2 Å². The fourth-order valence-corrected chi connectivity index (χ4v) is 8.31. The number of phenols is 1. The summed E-state index contributed by atoms with van der Waals surface area (Å²) in [4.78, 5) is 55.9. The highest BCUT2D eigenvalue weighted by Crippen LogP contribution is 2.54. The van der Waals surface area contributed by atoms with Crippen LogP contribution < -0.4 is 29.3 Å². The van der Waals surface area contributed by atoms with Gasteiger partial charge in [0.1, 0.15) is 23.3 Å². The fraction of sp³-hybridized carbons (Fsp3) is 0.226. The molecule has 6 rings (SSSR count). The van der Waals surface area contributed by atoms with E-state index in [0.717, 1.165) is 23.1 Å². The number of fused-ring (bicyclic) bond motifs is 2. The molecule has 0 radical (unpaired) electrons. The lowest BCUT2D eigenvalue weighted by atomic mass is 9.83. The van der Waals surface area contributed by atoms with Crippen LogP contribution in [0.4, 0.5) is 11.4 Å². The van der Waals surface area contributed by atoms with Crippen molar-refractivity contribution < 1.29 is 33.7 Å². The molecule has 3 amide bonds. The molecule has 226 valence electrons. The van der Waals surface area contributed by atoms with Gasteiger partial charge in [0.2, 0.25) is 17.7 Å². The van der Waals surface area contributed by atoms with Gasteiger partial charge in [-0.15, -0.1) is 0 Å². The quantitative estimate of drug-likeness (QED) is 0.217. The zero-order valence-electron chi connectivity index (χ0n) is 23.8. The van der Waals surface area contributed by atoms with E-state index < -0.39 is 28.9 Å². The maximum Gasteiger partial charge on any atom is 0.308 e. The predicted molar refractivity (Wildman–Crippen MR) is 165 cm³/mol. The maximum absolute atomic E-state index is 14.1. The van der Waals surface area contributed by atoms with Gasteiger partial charge in [0.05, 0.1) is 38.0 Å². The Morgan fingerprint density at radius 3 is 2.25 bits per heavy atom. The lowest BCUT2D eigenvalue weighted by Gasteiger charge is -2.31. The first-order valence-electron chi connectivity index (χ1n) is 13.5. The molecule has 2 N–H and O–H groups in total. The van der Waals surface area contributed by atoms with E-state index in [9.17, 15) is 24.3 Å². The topological polar surface area (TPSA) is 136 Å². The van der Waals surface area contributed by atoms with E-state index in [4.69, 9.17) is 14.2 Å². The Labute approximate surface area is 260 Å². The van der Waals surface area contributed by atoms with E-state index in [0.29, 0.717) is 44.1 Å². The zero-order valence-corrected chi connectivity index (χ0v) is 25.4. The van der Waals surface area contributed by atoms with Crippen molar-refractivity contribution in [1.29, 1.82) is 0 Å². The molecule has 2 aliphatic heterocycles. The summed E-state index contributed by atoms with van der Waals surface area (Å²) in [6.45, 7) is -0.307. The van der Waals surface area contributed by atoms with Gasteiger partial charge in [0.15, 0.2) is 11.5 Å². The molecule has 3 heterocycles. The summed E-state index contributed by atoms with van der Waals surface area (Å²) in [7, 11) is 4.55. The van der Waals surface area contributed by atoms with E-state index in [2.05, 4.69) is 5.32 Å². The van der Waals surface area contributed by atoms with E-state index in [1.165, 1.54) is 42.9 Å². The van der Waals surface area contributed by atoms with Crippen LogP contribution in [0.25, 0.3) is 0 Å². The summed E-state index contributed by atoms with van der Waals surface area (Å²) in [6.07, 6.45) is 0. The third-order valence-corrected chi connectivity index (χ3v) is 10.2. The van der Waals surface area contributed by atoms with E-state index in [-0.39, 0.29) is 23.1 Å². The van der Waals surface area contributed by atoms with Gasteiger partial charge in [-0.3, -0.25) is 23.7 Å². The van der Waals surface area contributed by atoms with Crippen LogP contribution in [0, 0.1) is 5.92 Å². The highest BCUT2D eigenvalue weighted by Gasteiger charge is 2.57. The van der Waals surface area contributed by atoms with Gasteiger partial charge in [-0.25, -0.2) is 4.90 Å². The summed E-state index contributed by atoms with van der Waals surface area (Å²) in [5, 5.41) is 11.9. The molecule has 44 heavy (non-hydrogen) atoms. The molecule has 3 atom stereocenters. The summed E-state index contributed by atoms with van der Waals surface area (Å²) in [6, 6.07) is 17.9. The number of benzene rings is 3. The van der Waals surface area contributed by atoms with Crippen LogP contribution in [0.15, 0.2) is 76.6 Å². The molecule has 0 aliphatic carbocycles. The Kier molecular flexibility index (Phi) is 7.82. The molecule has 13 heteroatoms. The number of hydrogen-bond donors (Lipinski definition) is 2. The van der Waals surface area contributed by atoms with Gasteiger partial charge in [-0.05, 0) is 66.2 Å². The van der Waals surface area contributed by atoms with Gasteiger partial charge >= 0.3 is 4.87 Å². The van der Waals surface area contributed by atoms with Crippen molar-refractivity contribution in [3.8, 4) is 23.0 Å². The normalized spacial score (nSPS) is 18.9. The summed E-state index contributed by atoms with van der Waals surface area (Å²) in [5.74, 6) is -1.19. The van der Waals surface area contributed by atoms with Crippen LogP contribution in [0.5, 0.6) is 23.0 Å². The number of nitrogens with zero attached hydrogens (tertiary/aromatic N) is 2. The fourth-order valence-electron chi connectivity index (χ4n) is 5.54. The van der Waals surface area contributed by atoms with Crippen molar-refractivity contribution in [2.24, 2.45) is 5.92 Å². The smallest absolute Gasteiger partial charge is 0.308 e. The number of ether oxygens (including phenoxy) is 3. The van der Waals surface area contributed by atoms with E-state index >= 15 is 0 Å². The van der Waals surface area contributed by atoms with Crippen molar-refractivity contribution in [3.05, 3.63) is 86.8 Å². The minimum atomic E-state index is -0.851. The number of phenolic OH excluding ortho intramolecular Hbond substituents is 1. The van der Waals surface area contributed by atoms with Gasteiger partial charge in [0, 0.05) is 16.5 Å². The number of rotatable bonds is 8. The largest absolute Gasteiger partial charge is 0.508 e. The maximum atomic E-state index is 14.1. The van der Waals surface area contributed by atoms with Gasteiger partial charge in [0.25, 0.3) is 0 Å². The Morgan fingerprint density at radius 1 is 0.886 bits per heavy atom. The third kappa shape index (κ3) is 5.07. The first-order chi connectivity index (χ1) is 21.2. The monoisotopic (exact) mass is 633 g/mol. The van der Waals surface area contributed by atoms with E-state index in [1.54, 1.807) is 54.6 Å². The summed E-state index contributed by atoms with van der Waals surface area (Å²) in [5.41, 5.74) is 1.53. The van der Waals surface area contributed by atoms with Crippen molar-refractivity contribution in [2.75, 3.05) is 31.5 Å². The second kappa shape index (κ2) is 11.7. The molecule has 0 saturated carbocycles. The number of carbonyl (C=O) groups is 3. The predicted octanol–water partition coefficient (Wildman–Crippen LogP) is 4.08. The third-order valence-electron chi connectivity index (χ3n) is 7.60. The van der Waals surface area contributed by atoms with Crippen molar-refractivity contribution in [2.45, 2.75) is 22.7 Å². The van der Waals surface area contributed by atoms with Gasteiger partial charge in [-0.1, -0.05) is 29.2 Å². The van der Waals surface area contributed by atoms with Crippen LogP contribution in [0.2, 0.25) is 0 Å². The molecule has 0 bridgehead atoms. The number of hydrogen-bond acceptors (Lipinski definition) is 10. The average molecular weight is 634 g/mol. The number of thiazole rings is 1. The van der Waals surface area contributed by atoms with Gasteiger partial charge in [-0.2, -0.15) is 0 Å². The Balaban J connectivity index is 1.43. The lowest BCUT2D eigenvalue weighted by molar-refractivity contribution is -0.122. The number of methoxy groups -OCH3 is 3. The number of carbonyl (C=O) groups excluding carboxylic acids is 3. The van der Waals surface area contributed by atoms with Crippen molar-refractivity contribution in [3.63, 3.8) is 0 Å². The SMILES string of the molecule is COc1ccc(N2C(=O)[C@H]3[C@H](c4ccc(OC)c(OC)c4)c4sc(=O)n(CC(=O)Nc5ccc(O)cc5)c4S[C@H]3C2=O)cc1. The standard InChI is InChI=1S/C31H27N3O8S2/c1-40-20-11-7-18(8-12-20)34-28(37)25-24(16-4-13-21(41-2)22(14-16)42-3)27-30(43-26(25)29(34)38)33(31(39)44-27)15-23(36)32-17-5-9-19(35)10-6-17/h4-14,24-26,35H,15H2,1-3H3,(H,32,36)/t24-,25-,26+/m0/s1. The highest BCUT2D eigenvalue weighted by atomic mass is 32.2. The zero-order chi connectivity index (χ0) is 31.1. The number of anilines is 2. The van der Waals surface area contributed by atoms with Crippen molar-refractivity contribution in [1.82, 2.24) is 4.57 Å². The second-order valence-electron chi connectivity index (χ2n) is 10.1. The molecule has 11 nitrogen and oxygen atoms in total. The van der Waals surface area contributed by atoms with Crippen LogP contribution in [0.3, 0.4) is 0 Å². The first-order valence-corrected chi connectivity index (χ1v) is 15.2. The molecule has 1 saturated heterocycles. The minimum Gasteiger partial charge on any atom is -0.508 e. The Morgan fingerprint density at radius 2 is 1.59 bits per heavy atom. The Bertz CT molecular complexity index is 1820. The molecular formula is C31H27N3O8S2. The first kappa shape index (κ1) is 29.3. The molecule has 3 aromatic carbocycles. The van der Waals surface area contributed by atoms with Gasteiger partial charge < -0.3 is 24.6 Å². The van der Waals surface area contributed by atoms with Crippen LogP contribution in [0.1, 0.15) is 16.4 Å². The molecule has 0 unspecified atom stereocenters. The molecule has 1 fully saturated rings. The minimum absolute atomic E-state index is 0.0535. The van der Waals surface area contributed by atoms with Crippen LogP contribution in [-0.4, -0.2) is 54.0 Å². The molecule has 0 spiro atoms. The average Bonchev–Trinajstić information content (AvgIpc) is 3.47. The molecule has 4 aromatic rings. The van der Waals surface area contributed by atoms with Crippen LogP contribution >= 0.6 is 23.1 Å². The number of imide groups is 1. The Hall–Kier alpha value is -4.75.